The monoisotopic (exact) mass is 169 g/mol. The summed E-state index contributed by atoms with van der Waals surface area (Å²) in [4.78, 5) is 5.60. The third kappa shape index (κ3) is 1.19. The predicted octanol–water partition coefficient (Wildman–Crippen LogP) is 2.17. The van der Waals surface area contributed by atoms with Crippen LogP contribution in [0.15, 0.2) is 5.51 Å². The molecule has 0 saturated heterocycles. The van der Waals surface area contributed by atoms with Gasteiger partial charge in [0.15, 0.2) is 0 Å². The molecule has 1 aliphatic rings. The average molecular weight is 169 g/mol. The summed E-state index contributed by atoms with van der Waals surface area (Å²) < 4.78 is 5.64. The smallest absolute Gasteiger partial charge is 0.0911 e. The van der Waals surface area contributed by atoms with Gasteiger partial charge in [0, 0.05) is 6.42 Å². The van der Waals surface area contributed by atoms with E-state index in [-0.39, 0.29) is 6.10 Å². The number of aromatic nitrogens is 1. The summed E-state index contributed by atoms with van der Waals surface area (Å²) in [6, 6.07) is 0. The topological polar surface area (TPSA) is 22.1 Å². The SMILES string of the molecule is CC1Cc2ncsc2C(C)O1. The van der Waals surface area contributed by atoms with E-state index in [2.05, 4.69) is 18.8 Å². The van der Waals surface area contributed by atoms with Gasteiger partial charge in [-0.3, -0.25) is 0 Å². The fourth-order valence-electron chi connectivity index (χ4n) is 1.49. The zero-order chi connectivity index (χ0) is 7.84. The van der Waals surface area contributed by atoms with Crippen molar-refractivity contribution in [1.29, 1.82) is 0 Å². The normalized spacial score (nSPS) is 30.0. The average Bonchev–Trinajstić information content (AvgIpc) is 2.34. The minimum atomic E-state index is 0.251. The molecular formula is C8H11NOS. The van der Waals surface area contributed by atoms with Gasteiger partial charge in [0.1, 0.15) is 0 Å². The van der Waals surface area contributed by atoms with E-state index in [1.165, 1.54) is 10.6 Å². The minimum Gasteiger partial charge on any atom is -0.370 e. The second-order valence-corrected chi connectivity index (χ2v) is 3.84. The molecule has 1 aliphatic heterocycles. The van der Waals surface area contributed by atoms with Crippen molar-refractivity contribution in [2.24, 2.45) is 0 Å². The van der Waals surface area contributed by atoms with E-state index < -0.39 is 0 Å². The molecule has 1 aromatic rings. The molecule has 0 fully saturated rings. The van der Waals surface area contributed by atoms with Gasteiger partial charge in [-0.15, -0.1) is 11.3 Å². The number of hydrogen-bond donors (Lipinski definition) is 0. The third-order valence-corrected chi connectivity index (χ3v) is 2.99. The third-order valence-electron chi connectivity index (χ3n) is 1.96. The maximum absolute atomic E-state index is 5.64. The molecule has 0 radical (unpaired) electrons. The highest BCUT2D eigenvalue weighted by molar-refractivity contribution is 7.09. The maximum atomic E-state index is 5.64. The van der Waals surface area contributed by atoms with Gasteiger partial charge in [-0.05, 0) is 13.8 Å². The van der Waals surface area contributed by atoms with E-state index in [1.54, 1.807) is 11.3 Å². The molecule has 1 aromatic heterocycles. The summed E-state index contributed by atoms with van der Waals surface area (Å²) in [5.74, 6) is 0. The lowest BCUT2D eigenvalue weighted by atomic mass is 10.1. The van der Waals surface area contributed by atoms with Crippen molar-refractivity contribution in [3.8, 4) is 0 Å². The Balaban J connectivity index is 2.36. The lowest BCUT2D eigenvalue weighted by Crippen LogP contribution is -2.20. The summed E-state index contributed by atoms with van der Waals surface area (Å²) in [6.45, 7) is 4.19. The van der Waals surface area contributed by atoms with E-state index in [4.69, 9.17) is 4.74 Å². The molecule has 0 N–H and O–H groups in total. The van der Waals surface area contributed by atoms with Crippen LogP contribution in [0, 0.1) is 0 Å². The maximum Gasteiger partial charge on any atom is 0.0911 e. The van der Waals surface area contributed by atoms with Crippen LogP contribution in [0.5, 0.6) is 0 Å². The van der Waals surface area contributed by atoms with Crippen molar-refractivity contribution in [3.05, 3.63) is 16.1 Å². The molecule has 0 amide bonds. The molecule has 0 saturated carbocycles. The lowest BCUT2D eigenvalue weighted by molar-refractivity contribution is -0.00317. The van der Waals surface area contributed by atoms with Crippen LogP contribution >= 0.6 is 11.3 Å². The Morgan fingerprint density at radius 2 is 2.45 bits per heavy atom. The molecule has 0 bridgehead atoms. The molecule has 0 aliphatic carbocycles. The summed E-state index contributed by atoms with van der Waals surface area (Å²) >= 11 is 1.70. The second-order valence-electron chi connectivity index (χ2n) is 2.96. The molecular weight excluding hydrogens is 158 g/mol. The zero-order valence-corrected chi connectivity index (χ0v) is 7.52. The molecule has 11 heavy (non-hydrogen) atoms. The molecule has 2 atom stereocenters. The van der Waals surface area contributed by atoms with Gasteiger partial charge in [-0.1, -0.05) is 0 Å². The molecule has 0 aromatic carbocycles. The van der Waals surface area contributed by atoms with Crippen LogP contribution in [-0.4, -0.2) is 11.1 Å². The summed E-state index contributed by atoms with van der Waals surface area (Å²) in [5.41, 5.74) is 3.14. The standard InChI is InChI=1S/C8H11NOS/c1-5-3-7-8(6(2)10-5)11-4-9-7/h4-6H,3H2,1-2H3. The Kier molecular flexibility index (Phi) is 1.69. The molecule has 2 heterocycles. The van der Waals surface area contributed by atoms with Gasteiger partial charge in [0.25, 0.3) is 0 Å². The highest BCUT2D eigenvalue weighted by Crippen LogP contribution is 2.31. The Morgan fingerprint density at radius 3 is 3.27 bits per heavy atom. The highest BCUT2D eigenvalue weighted by Gasteiger charge is 2.23. The first-order chi connectivity index (χ1) is 5.27. The first-order valence-electron chi connectivity index (χ1n) is 3.85. The number of fused-ring (bicyclic) bond motifs is 1. The molecule has 3 heteroatoms. The molecule has 2 rings (SSSR count). The summed E-state index contributed by atoms with van der Waals surface area (Å²) in [7, 11) is 0. The van der Waals surface area contributed by atoms with E-state index in [0.29, 0.717) is 6.10 Å². The predicted molar refractivity (Wildman–Crippen MR) is 44.8 cm³/mol. The Bertz CT molecular complexity index is 258. The van der Waals surface area contributed by atoms with Crippen molar-refractivity contribution in [3.63, 3.8) is 0 Å². The number of hydrogen-bond acceptors (Lipinski definition) is 3. The highest BCUT2D eigenvalue weighted by atomic mass is 32.1. The largest absolute Gasteiger partial charge is 0.370 e. The van der Waals surface area contributed by atoms with Gasteiger partial charge in [0.05, 0.1) is 28.3 Å². The Morgan fingerprint density at radius 1 is 1.64 bits per heavy atom. The first kappa shape index (κ1) is 7.25. The Hall–Kier alpha value is -0.410. The van der Waals surface area contributed by atoms with Crippen molar-refractivity contribution in [2.75, 3.05) is 0 Å². The summed E-state index contributed by atoms with van der Waals surface area (Å²) in [5, 5.41) is 0. The van der Waals surface area contributed by atoms with Crippen LogP contribution in [0.25, 0.3) is 0 Å². The molecule has 0 spiro atoms. The van der Waals surface area contributed by atoms with Crippen LogP contribution < -0.4 is 0 Å². The van der Waals surface area contributed by atoms with E-state index in [0.717, 1.165) is 6.42 Å². The molecule has 2 unspecified atom stereocenters. The van der Waals surface area contributed by atoms with Crippen LogP contribution in [0.4, 0.5) is 0 Å². The quantitative estimate of drug-likeness (QED) is 0.593. The van der Waals surface area contributed by atoms with Crippen molar-refractivity contribution in [2.45, 2.75) is 32.5 Å². The first-order valence-corrected chi connectivity index (χ1v) is 4.73. The van der Waals surface area contributed by atoms with Crippen LogP contribution in [0.3, 0.4) is 0 Å². The van der Waals surface area contributed by atoms with E-state index in [1.807, 2.05) is 5.51 Å². The molecule has 60 valence electrons. The Labute approximate surface area is 70.2 Å². The van der Waals surface area contributed by atoms with Crippen molar-refractivity contribution >= 4 is 11.3 Å². The lowest BCUT2D eigenvalue weighted by Gasteiger charge is -2.23. The summed E-state index contributed by atoms with van der Waals surface area (Å²) in [6.07, 6.45) is 1.56. The molecule has 2 nitrogen and oxygen atoms in total. The minimum absolute atomic E-state index is 0.251. The van der Waals surface area contributed by atoms with Crippen molar-refractivity contribution in [1.82, 2.24) is 4.98 Å². The second kappa shape index (κ2) is 2.57. The van der Waals surface area contributed by atoms with E-state index >= 15 is 0 Å². The number of rotatable bonds is 0. The van der Waals surface area contributed by atoms with Crippen LogP contribution in [0.2, 0.25) is 0 Å². The number of nitrogens with zero attached hydrogens (tertiary/aromatic N) is 1. The van der Waals surface area contributed by atoms with Crippen molar-refractivity contribution < 1.29 is 4.74 Å². The van der Waals surface area contributed by atoms with Gasteiger partial charge in [0.2, 0.25) is 0 Å². The fraction of sp³-hybridized carbons (Fsp3) is 0.625. The van der Waals surface area contributed by atoms with Crippen LogP contribution in [-0.2, 0) is 11.2 Å². The fourth-order valence-corrected chi connectivity index (χ4v) is 2.31. The number of thiazole rings is 1. The van der Waals surface area contributed by atoms with Crippen LogP contribution in [0.1, 0.15) is 30.5 Å². The van der Waals surface area contributed by atoms with Gasteiger partial charge < -0.3 is 4.74 Å². The zero-order valence-electron chi connectivity index (χ0n) is 6.70. The van der Waals surface area contributed by atoms with Gasteiger partial charge in [-0.25, -0.2) is 4.98 Å². The van der Waals surface area contributed by atoms with Gasteiger partial charge >= 0.3 is 0 Å². The number of ether oxygens (including phenoxy) is 1. The van der Waals surface area contributed by atoms with Gasteiger partial charge in [-0.2, -0.15) is 0 Å². The van der Waals surface area contributed by atoms with E-state index in [9.17, 15) is 0 Å².